The standard InChI is InChI=1S/C18H25FN2O2.ClH/c1-23-17(13-2-4-14(19)5-3-13)11-20-18(22)10-12-8-15-6-7-16(9-12)21-15;/h2-5,12,15-17,21H,6-11H2,1H3,(H,20,22);1H. The molecule has 4 nitrogen and oxygen atoms in total. The summed E-state index contributed by atoms with van der Waals surface area (Å²) in [5.41, 5.74) is 0.870. The average molecular weight is 357 g/mol. The summed E-state index contributed by atoms with van der Waals surface area (Å²) >= 11 is 0. The molecule has 3 unspecified atom stereocenters. The molecule has 0 aromatic heterocycles. The molecule has 1 aromatic carbocycles. The van der Waals surface area contributed by atoms with Crippen LogP contribution in [0.4, 0.5) is 4.39 Å². The fourth-order valence-corrected chi connectivity index (χ4v) is 3.90. The van der Waals surface area contributed by atoms with Crippen molar-refractivity contribution < 1.29 is 13.9 Å². The van der Waals surface area contributed by atoms with Crippen molar-refractivity contribution >= 4 is 18.3 Å². The van der Waals surface area contributed by atoms with Gasteiger partial charge >= 0.3 is 0 Å². The van der Waals surface area contributed by atoms with E-state index in [1.165, 1.54) is 25.0 Å². The van der Waals surface area contributed by atoms with Gasteiger partial charge in [0.2, 0.25) is 5.91 Å². The summed E-state index contributed by atoms with van der Waals surface area (Å²) in [5, 5.41) is 6.56. The van der Waals surface area contributed by atoms with Crippen LogP contribution < -0.4 is 10.6 Å². The highest BCUT2D eigenvalue weighted by Gasteiger charge is 2.34. The summed E-state index contributed by atoms with van der Waals surface area (Å²) in [6.07, 6.45) is 5.06. The van der Waals surface area contributed by atoms with Gasteiger partial charge in [0.15, 0.2) is 0 Å². The topological polar surface area (TPSA) is 50.4 Å². The third-order valence-electron chi connectivity index (χ3n) is 5.06. The highest BCUT2D eigenvalue weighted by molar-refractivity contribution is 5.85. The molecule has 1 amide bonds. The summed E-state index contributed by atoms with van der Waals surface area (Å²) < 4.78 is 18.4. The third kappa shape index (κ3) is 4.91. The molecular formula is C18H26ClFN2O2. The molecule has 2 bridgehead atoms. The molecule has 2 saturated heterocycles. The summed E-state index contributed by atoms with van der Waals surface area (Å²) in [6, 6.07) is 7.43. The van der Waals surface area contributed by atoms with Gasteiger partial charge in [-0.3, -0.25) is 4.79 Å². The van der Waals surface area contributed by atoms with E-state index in [9.17, 15) is 9.18 Å². The second-order valence-corrected chi connectivity index (χ2v) is 6.76. The van der Waals surface area contributed by atoms with E-state index < -0.39 is 0 Å². The molecule has 134 valence electrons. The van der Waals surface area contributed by atoms with Gasteiger partial charge < -0.3 is 15.4 Å². The minimum atomic E-state index is -0.270. The summed E-state index contributed by atoms with van der Waals surface area (Å²) in [7, 11) is 1.60. The van der Waals surface area contributed by atoms with E-state index in [2.05, 4.69) is 10.6 Å². The first-order valence-electron chi connectivity index (χ1n) is 8.45. The second kappa shape index (κ2) is 8.79. The van der Waals surface area contributed by atoms with Gasteiger partial charge in [-0.25, -0.2) is 4.39 Å². The first-order valence-corrected chi connectivity index (χ1v) is 8.45. The lowest BCUT2D eigenvalue weighted by atomic mass is 9.89. The van der Waals surface area contributed by atoms with Crippen molar-refractivity contribution in [2.45, 2.75) is 50.3 Å². The Morgan fingerprint density at radius 2 is 1.92 bits per heavy atom. The van der Waals surface area contributed by atoms with Crippen LogP contribution in [0, 0.1) is 11.7 Å². The monoisotopic (exact) mass is 356 g/mol. The molecule has 2 aliphatic heterocycles. The number of carbonyl (C=O) groups is 1. The Labute approximate surface area is 148 Å². The van der Waals surface area contributed by atoms with Crippen LogP contribution in [0.2, 0.25) is 0 Å². The molecule has 2 aliphatic rings. The molecule has 3 atom stereocenters. The number of carbonyl (C=O) groups excluding carboxylic acids is 1. The number of fused-ring (bicyclic) bond motifs is 2. The molecule has 0 radical (unpaired) electrons. The van der Waals surface area contributed by atoms with E-state index in [1.807, 2.05) is 0 Å². The third-order valence-corrected chi connectivity index (χ3v) is 5.06. The number of hydrogen-bond acceptors (Lipinski definition) is 3. The van der Waals surface area contributed by atoms with Crippen molar-refractivity contribution in [2.24, 2.45) is 5.92 Å². The zero-order valence-electron chi connectivity index (χ0n) is 14.0. The molecule has 1 aromatic rings. The molecule has 0 saturated carbocycles. The van der Waals surface area contributed by atoms with Gasteiger partial charge in [0, 0.05) is 32.2 Å². The lowest BCUT2D eigenvalue weighted by molar-refractivity contribution is -0.122. The molecule has 6 heteroatoms. The molecular weight excluding hydrogens is 331 g/mol. The van der Waals surface area contributed by atoms with Crippen LogP contribution in [0.1, 0.15) is 43.8 Å². The molecule has 3 rings (SSSR count). The molecule has 2 heterocycles. The smallest absolute Gasteiger partial charge is 0.220 e. The number of amides is 1. The van der Waals surface area contributed by atoms with Crippen molar-refractivity contribution in [1.82, 2.24) is 10.6 Å². The highest BCUT2D eigenvalue weighted by Crippen LogP contribution is 2.32. The minimum absolute atomic E-state index is 0. The van der Waals surface area contributed by atoms with Crippen LogP contribution in [0.25, 0.3) is 0 Å². The van der Waals surface area contributed by atoms with E-state index in [1.54, 1.807) is 19.2 Å². The Hall–Kier alpha value is -1.17. The maximum absolute atomic E-state index is 13.0. The number of piperidine rings is 1. The number of benzene rings is 1. The van der Waals surface area contributed by atoms with Gasteiger partial charge in [0.25, 0.3) is 0 Å². The predicted octanol–water partition coefficient (Wildman–Crippen LogP) is 2.97. The number of nitrogens with one attached hydrogen (secondary N) is 2. The van der Waals surface area contributed by atoms with Crippen LogP contribution in [-0.2, 0) is 9.53 Å². The van der Waals surface area contributed by atoms with Crippen molar-refractivity contribution in [3.63, 3.8) is 0 Å². The quantitative estimate of drug-likeness (QED) is 0.824. The van der Waals surface area contributed by atoms with Crippen molar-refractivity contribution in [2.75, 3.05) is 13.7 Å². The van der Waals surface area contributed by atoms with E-state index >= 15 is 0 Å². The van der Waals surface area contributed by atoms with Crippen LogP contribution >= 0.6 is 12.4 Å². The fourth-order valence-electron chi connectivity index (χ4n) is 3.90. The van der Waals surface area contributed by atoms with Gasteiger partial charge in [0.05, 0.1) is 6.10 Å². The normalized spacial score (nSPS) is 26.5. The fraction of sp³-hybridized carbons (Fsp3) is 0.611. The van der Waals surface area contributed by atoms with Crippen LogP contribution in [0.3, 0.4) is 0 Å². The van der Waals surface area contributed by atoms with Crippen molar-refractivity contribution in [3.8, 4) is 0 Å². The Morgan fingerprint density at radius 3 is 2.50 bits per heavy atom. The highest BCUT2D eigenvalue weighted by atomic mass is 35.5. The van der Waals surface area contributed by atoms with E-state index in [0.717, 1.165) is 18.4 Å². The van der Waals surface area contributed by atoms with Crippen LogP contribution in [0.15, 0.2) is 24.3 Å². The predicted molar refractivity (Wildman–Crippen MR) is 93.7 cm³/mol. The summed E-state index contributed by atoms with van der Waals surface area (Å²) in [6.45, 7) is 0.415. The Kier molecular flexibility index (Phi) is 7.02. The number of rotatable bonds is 6. The summed E-state index contributed by atoms with van der Waals surface area (Å²) in [4.78, 5) is 12.2. The Balaban J connectivity index is 0.00000208. The number of halogens is 2. The first-order chi connectivity index (χ1) is 11.1. The maximum Gasteiger partial charge on any atom is 0.220 e. The first kappa shape index (κ1) is 19.2. The van der Waals surface area contributed by atoms with Gasteiger partial charge in [-0.2, -0.15) is 0 Å². The Morgan fingerprint density at radius 1 is 1.29 bits per heavy atom. The zero-order valence-corrected chi connectivity index (χ0v) is 14.8. The minimum Gasteiger partial charge on any atom is -0.375 e. The maximum atomic E-state index is 13.0. The van der Waals surface area contributed by atoms with Gasteiger partial charge in [-0.1, -0.05) is 12.1 Å². The van der Waals surface area contributed by atoms with Gasteiger partial charge in [-0.05, 0) is 49.3 Å². The molecule has 2 N–H and O–H groups in total. The Bertz CT molecular complexity index is 528. The van der Waals surface area contributed by atoms with Crippen LogP contribution in [-0.4, -0.2) is 31.6 Å². The largest absolute Gasteiger partial charge is 0.375 e. The SMILES string of the molecule is COC(CNC(=O)CC1CC2CCC(C1)N2)c1ccc(F)cc1.Cl. The van der Waals surface area contributed by atoms with E-state index in [0.29, 0.717) is 31.0 Å². The van der Waals surface area contributed by atoms with Crippen molar-refractivity contribution in [1.29, 1.82) is 0 Å². The van der Waals surface area contributed by atoms with Crippen LogP contribution in [0.5, 0.6) is 0 Å². The van der Waals surface area contributed by atoms with E-state index in [-0.39, 0.29) is 30.2 Å². The second-order valence-electron chi connectivity index (χ2n) is 6.76. The molecule has 0 aliphatic carbocycles. The number of ether oxygens (including phenoxy) is 1. The number of hydrogen-bond donors (Lipinski definition) is 2. The lowest BCUT2D eigenvalue weighted by Gasteiger charge is -2.28. The van der Waals surface area contributed by atoms with Crippen molar-refractivity contribution in [3.05, 3.63) is 35.6 Å². The lowest BCUT2D eigenvalue weighted by Crippen LogP contribution is -2.40. The summed E-state index contributed by atoms with van der Waals surface area (Å²) in [5.74, 6) is 0.300. The number of methoxy groups -OCH3 is 1. The van der Waals surface area contributed by atoms with E-state index in [4.69, 9.17) is 4.74 Å². The zero-order chi connectivity index (χ0) is 16.2. The van der Waals surface area contributed by atoms with Gasteiger partial charge in [0.1, 0.15) is 5.82 Å². The molecule has 24 heavy (non-hydrogen) atoms. The molecule has 0 spiro atoms. The average Bonchev–Trinajstić information content (AvgIpc) is 2.88. The molecule has 2 fully saturated rings. The van der Waals surface area contributed by atoms with Gasteiger partial charge in [-0.15, -0.1) is 12.4 Å².